The monoisotopic (exact) mass is 355 g/mol. The van der Waals surface area contributed by atoms with Crippen LogP contribution in [0.5, 0.6) is 0 Å². The summed E-state index contributed by atoms with van der Waals surface area (Å²) in [7, 11) is 0. The number of amides is 1. The fraction of sp³-hybridized carbons (Fsp3) is 0.409. The molecule has 0 spiro atoms. The van der Waals surface area contributed by atoms with Gasteiger partial charge in [-0.15, -0.1) is 0 Å². The molecule has 1 aliphatic rings. The molecule has 1 fully saturated rings. The SMILES string of the molecule is Cc1cc(F)ccc1-c1ccc(C(=O)N2CCC[C@H](C(C)(C)O)C2)cc1. The van der Waals surface area contributed by atoms with Gasteiger partial charge < -0.3 is 10.0 Å². The maximum Gasteiger partial charge on any atom is 0.253 e. The number of nitrogens with zero attached hydrogens (tertiary/aromatic N) is 1. The second kappa shape index (κ2) is 7.20. The molecule has 3 rings (SSSR count). The van der Waals surface area contributed by atoms with E-state index in [2.05, 4.69) is 0 Å². The number of carbonyl (C=O) groups is 1. The van der Waals surface area contributed by atoms with Crippen molar-refractivity contribution >= 4 is 5.91 Å². The van der Waals surface area contributed by atoms with Crippen LogP contribution in [0.3, 0.4) is 0 Å². The van der Waals surface area contributed by atoms with Crippen LogP contribution in [0.1, 0.15) is 42.6 Å². The maximum absolute atomic E-state index is 13.3. The number of likely N-dealkylation sites (tertiary alicyclic amines) is 1. The van der Waals surface area contributed by atoms with Crippen molar-refractivity contribution in [2.24, 2.45) is 5.92 Å². The smallest absolute Gasteiger partial charge is 0.253 e. The number of aliphatic hydroxyl groups is 1. The summed E-state index contributed by atoms with van der Waals surface area (Å²) in [5, 5.41) is 10.3. The lowest BCUT2D eigenvalue weighted by molar-refractivity contribution is -0.0146. The minimum absolute atomic E-state index is 0.00123. The Bertz CT molecular complexity index is 793. The fourth-order valence-corrected chi connectivity index (χ4v) is 3.66. The van der Waals surface area contributed by atoms with Crippen LogP contribution in [0.2, 0.25) is 0 Å². The molecule has 1 heterocycles. The highest BCUT2D eigenvalue weighted by Crippen LogP contribution is 2.28. The Balaban J connectivity index is 1.77. The molecular weight excluding hydrogens is 329 g/mol. The third-order valence-corrected chi connectivity index (χ3v) is 5.34. The van der Waals surface area contributed by atoms with Gasteiger partial charge in [0.05, 0.1) is 5.60 Å². The minimum atomic E-state index is -0.775. The second-order valence-electron chi connectivity index (χ2n) is 7.78. The van der Waals surface area contributed by atoms with E-state index >= 15 is 0 Å². The molecule has 2 aromatic carbocycles. The van der Waals surface area contributed by atoms with Crippen molar-refractivity contribution < 1.29 is 14.3 Å². The molecule has 1 aliphatic heterocycles. The predicted octanol–water partition coefficient (Wildman–Crippen LogP) is 4.42. The molecule has 0 aliphatic carbocycles. The van der Waals surface area contributed by atoms with E-state index in [1.807, 2.05) is 49.9 Å². The molecule has 26 heavy (non-hydrogen) atoms. The maximum atomic E-state index is 13.3. The number of hydrogen-bond donors (Lipinski definition) is 1. The van der Waals surface area contributed by atoms with Gasteiger partial charge in [0.2, 0.25) is 0 Å². The van der Waals surface area contributed by atoms with Gasteiger partial charge in [-0.25, -0.2) is 4.39 Å². The van der Waals surface area contributed by atoms with E-state index in [0.717, 1.165) is 36.1 Å². The van der Waals surface area contributed by atoms with Crippen molar-refractivity contribution in [2.75, 3.05) is 13.1 Å². The van der Waals surface area contributed by atoms with E-state index in [0.29, 0.717) is 12.1 Å². The Morgan fingerprint density at radius 3 is 2.50 bits per heavy atom. The first-order chi connectivity index (χ1) is 12.3. The molecular formula is C22H26FNO2. The second-order valence-corrected chi connectivity index (χ2v) is 7.78. The number of benzene rings is 2. The van der Waals surface area contributed by atoms with Crippen molar-refractivity contribution in [3.8, 4) is 11.1 Å². The Labute approximate surface area is 154 Å². The molecule has 0 unspecified atom stereocenters. The molecule has 0 bridgehead atoms. The normalized spacial score (nSPS) is 18.0. The van der Waals surface area contributed by atoms with E-state index in [4.69, 9.17) is 0 Å². The number of hydrogen-bond acceptors (Lipinski definition) is 2. The molecule has 4 heteroatoms. The van der Waals surface area contributed by atoms with Crippen LogP contribution in [0.4, 0.5) is 4.39 Å². The average Bonchev–Trinajstić information content (AvgIpc) is 2.61. The number of aryl methyl sites for hydroxylation is 1. The van der Waals surface area contributed by atoms with Gasteiger partial charge in [-0.2, -0.15) is 0 Å². The van der Waals surface area contributed by atoms with Crippen molar-refractivity contribution in [3.05, 3.63) is 59.4 Å². The van der Waals surface area contributed by atoms with Gasteiger partial charge in [0.25, 0.3) is 5.91 Å². The number of piperidine rings is 1. The topological polar surface area (TPSA) is 40.5 Å². The highest BCUT2D eigenvalue weighted by molar-refractivity contribution is 5.94. The van der Waals surface area contributed by atoms with Crippen LogP contribution in [0, 0.1) is 18.7 Å². The summed E-state index contributed by atoms with van der Waals surface area (Å²) in [6, 6.07) is 12.2. The zero-order chi connectivity index (χ0) is 18.9. The zero-order valence-corrected chi connectivity index (χ0v) is 15.6. The van der Waals surface area contributed by atoms with Crippen molar-refractivity contribution in [3.63, 3.8) is 0 Å². The van der Waals surface area contributed by atoms with Gasteiger partial charge in [-0.3, -0.25) is 4.79 Å². The Morgan fingerprint density at radius 2 is 1.88 bits per heavy atom. The number of carbonyl (C=O) groups excluding carboxylic acids is 1. The molecule has 0 radical (unpaired) electrons. The minimum Gasteiger partial charge on any atom is -0.390 e. The molecule has 3 nitrogen and oxygen atoms in total. The van der Waals surface area contributed by atoms with Gasteiger partial charge in [0, 0.05) is 24.6 Å². The van der Waals surface area contributed by atoms with Gasteiger partial charge in [-0.1, -0.05) is 18.2 Å². The number of rotatable bonds is 3. The molecule has 1 N–H and O–H groups in total. The summed E-state index contributed by atoms with van der Waals surface area (Å²) < 4.78 is 13.3. The Hall–Kier alpha value is -2.20. The fourth-order valence-electron chi connectivity index (χ4n) is 3.66. The first-order valence-electron chi connectivity index (χ1n) is 9.14. The van der Waals surface area contributed by atoms with Gasteiger partial charge in [0.1, 0.15) is 5.82 Å². The lowest BCUT2D eigenvalue weighted by atomic mass is 9.84. The summed E-state index contributed by atoms with van der Waals surface area (Å²) in [6.07, 6.45) is 1.85. The van der Waals surface area contributed by atoms with Crippen LogP contribution in [0.15, 0.2) is 42.5 Å². The van der Waals surface area contributed by atoms with E-state index in [1.165, 1.54) is 12.1 Å². The molecule has 1 saturated heterocycles. The molecule has 1 atom stereocenters. The van der Waals surface area contributed by atoms with Crippen molar-refractivity contribution in [1.82, 2.24) is 4.90 Å². The summed E-state index contributed by atoms with van der Waals surface area (Å²) in [5.41, 5.74) is 2.67. The van der Waals surface area contributed by atoms with E-state index < -0.39 is 5.60 Å². The summed E-state index contributed by atoms with van der Waals surface area (Å²) in [4.78, 5) is 14.7. The van der Waals surface area contributed by atoms with E-state index in [1.54, 1.807) is 6.07 Å². The quantitative estimate of drug-likeness (QED) is 0.885. The van der Waals surface area contributed by atoms with Gasteiger partial charge >= 0.3 is 0 Å². The third kappa shape index (κ3) is 3.96. The molecule has 2 aromatic rings. The van der Waals surface area contributed by atoms with Gasteiger partial charge in [0.15, 0.2) is 0 Å². The van der Waals surface area contributed by atoms with Crippen LogP contribution in [-0.2, 0) is 0 Å². The summed E-state index contributed by atoms with van der Waals surface area (Å²) >= 11 is 0. The summed E-state index contributed by atoms with van der Waals surface area (Å²) in [5.74, 6) is -0.146. The van der Waals surface area contributed by atoms with Crippen molar-refractivity contribution in [2.45, 2.75) is 39.2 Å². The average molecular weight is 355 g/mol. The van der Waals surface area contributed by atoms with Crippen LogP contribution < -0.4 is 0 Å². The Morgan fingerprint density at radius 1 is 1.19 bits per heavy atom. The molecule has 1 amide bonds. The highest BCUT2D eigenvalue weighted by atomic mass is 19.1. The molecule has 0 saturated carbocycles. The number of halogens is 1. The third-order valence-electron chi connectivity index (χ3n) is 5.34. The van der Waals surface area contributed by atoms with E-state index in [-0.39, 0.29) is 17.6 Å². The molecule has 0 aromatic heterocycles. The van der Waals surface area contributed by atoms with E-state index in [9.17, 15) is 14.3 Å². The van der Waals surface area contributed by atoms with Gasteiger partial charge in [-0.05, 0) is 74.6 Å². The first kappa shape index (κ1) is 18.6. The summed E-state index contributed by atoms with van der Waals surface area (Å²) in [6.45, 7) is 6.81. The predicted molar refractivity (Wildman–Crippen MR) is 101 cm³/mol. The lowest BCUT2D eigenvalue weighted by Gasteiger charge is -2.38. The molecule has 138 valence electrons. The zero-order valence-electron chi connectivity index (χ0n) is 15.6. The lowest BCUT2D eigenvalue weighted by Crippen LogP contribution is -2.46. The largest absolute Gasteiger partial charge is 0.390 e. The van der Waals surface area contributed by atoms with Crippen LogP contribution in [-0.4, -0.2) is 34.6 Å². The van der Waals surface area contributed by atoms with Crippen LogP contribution in [0.25, 0.3) is 11.1 Å². The first-order valence-corrected chi connectivity index (χ1v) is 9.14. The van der Waals surface area contributed by atoms with Crippen LogP contribution >= 0.6 is 0 Å². The highest BCUT2D eigenvalue weighted by Gasteiger charge is 2.33. The Kier molecular flexibility index (Phi) is 5.15. The van der Waals surface area contributed by atoms with Crippen molar-refractivity contribution in [1.29, 1.82) is 0 Å². The standard InChI is InChI=1S/C22H26FNO2/c1-15-13-19(23)10-11-20(15)16-6-8-17(9-7-16)21(25)24-12-4-5-18(14-24)22(2,3)26/h6-11,13,18,26H,4-5,12,14H2,1-3H3/t18-/m0/s1.